The monoisotopic (exact) mass is 638 g/mol. The van der Waals surface area contributed by atoms with E-state index in [4.69, 9.17) is 16.7 Å². The molecular formula is C30H22O8S4. The molecule has 0 aromatic heterocycles. The van der Waals surface area contributed by atoms with Crippen LogP contribution in [-0.4, -0.2) is 16.8 Å². The zero-order chi connectivity index (χ0) is 29.3. The Labute approximate surface area is 252 Å². The molecule has 0 saturated carbocycles. The summed E-state index contributed by atoms with van der Waals surface area (Å²) in [6.07, 6.45) is 0. The Bertz CT molecular complexity index is 1480. The minimum Gasteiger partial charge on any atom is -0.397 e. The lowest BCUT2D eigenvalue weighted by Gasteiger charge is -2.15. The second kappa shape index (κ2) is 14.2. The van der Waals surface area contributed by atoms with Crippen molar-refractivity contribution in [3.63, 3.8) is 0 Å². The lowest BCUT2D eigenvalue weighted by Crippen LogP contribution is -2.15. The lowest BCUT2D eigenvalue weighted by molar-refractivity contribution is 0.540. The van der Waals surface area contributed by atoms with Crippen molar-refractivity contribution >= 4 is 44.3 Å². The van der Waals surface area contributed by atoms with Crippen LogP contribution in [0, 0.1) is 0 Å². The third-order valence-electron chi connectivity index (χ3n) is 5.39. The standard InChI is InChI=1S/C30H22O8S4/c31-39(35-23-13-5-1-6-14-23)27-21-29(41(33)37-25-17-9-3-10-18-25)30(42(34)38-26-19-11-4-12-20-26)22-28(27)40(32)36-24-15-7-2-8-16-24/h1-22H. The van der Waals surface area contributed by atoms with E-state index in [1.54, 1.807) is 121 Å². The van der Waals surface area contributed by atoms with Crippen LogP contribution >= 0.6 is 0 Å². The van der Waals surface area contributed by atoms with Crippen molar-refractivity contribution in [2.24, 2.45) is 0 Å². The molecule has 0 aliphatic rings. The summed E-state index contributed by atoms with van der Waals surface area (Å²) in [7, 11) is 0. The number of benzene rings is 5. The fourth-order valence-electron chi connectivity index (χ4n) is 3.48. The summed E-state index contributed by atoms with van der Waals surface area (Å²) in [6.45, 7) is 0. The summed E-state index contributed by atoms with van der Waals surface area (Å²) in [6, 6.07) is 35.9. The van der Waals surface area contributed by atoms with Gasteiger partial charge in [-0.1, -0.05) is 72.8 Å². The van der Waals surface area contributed by atoms with Crippen LogP contribution in [0.4, 0.5) is 0 Å². The highest BCUT2D eigenvalue weighted by Gasteiger charge is 2.28. The van der Waals surface area contributed by atoms with Crippen LogP contribution in [0.3, 0.4) is 0 Å². The van der Waals surface area contributed by atoms with E-state index in [0.717, 1.165) is 0 Å². The molecule has 0 bridgehead atoms. The van der Waals surface area contributed by atoms with Gasteiger partial charge in [0.2, 0.25) is 44.3 Å². The largest absolute Gasteiger partial charge is 0.397 e. The quantitative estimate of drug-likeness (QED) is 0.162. The summed E-state index contributed by atoms with van der Waals surface area (Å²) < 4.78 is 76.7. The first-order valence-corrected chi connectivity index (χ1v) is 16.6. The summed E-state index contributed by atoms with van der Waals surface area (Å²) in [5.41, 5.74) is 0. The minimum atomic E-state index is -2.26. The van der Waals surface area contributed by atoms with Gasteiger partial charge in [-0.25, -0.2) is 16.8 Å². The molecule has 0 aliphatic heterocycles. The Morgan fingerprint density at radius 2 is 0.500 bits per heavy atom. The van der Waals surface area contributed by atoms with E-state index in [2.05, 4.69) is 0 Å². The maximum atomic E-state index is 13.5. The second-order valence-corrected chi connectivity index (χ2v) is 12.6. The molecule has 0 saturated heterocycles. The maximum absolute atomic E-state index is 13.5. The van der Waals surface area contributed by atoms with Gasteiger partial charge in [0.25, 0.3) is 0 Å². The Morgan fingerprint density at radius 1 is 0.310 bits per heavy atom. The van der Waals surface area contributed by atoms with E-state index >= 15 is 0 Å². The average molecular weight is 639 g/mol. The van der Waals surface area contributed by atoms with Gasteiger partial charge in [0.1, 0.15) is 23.0 Å². The molecule has 4 atom stereocenters. The normalized spacial score (nSPS) is 13.7. The third-order valence-corrected chi connectivity index (χ3v) is 9.81. The van der Waals surface area contributed by atoms with Crippen LogP contribution in [0.15, 0.2) is 153 Å². The lowest BCUT2D eigenvalue weighted by atomic mass is 10.3. The number of rotatable bonds is 12. The molecule has 5 rings (SSSR count). The fourth-order valence-corrected chi connectivity index (χ4v) is 7.69. The van der Waals surface area contributed by atoms with Crippen molar-refractivity contribution in [3.05, 3.63) is 133 Å². The molecule has 0 amide bonds. The van der Waals surface area contributed by atoms with E-state index in [1.165, 1.54) is 12.1 Å². The predicted octanol–water partition coefficient (Wildman–Crippen LogP) is 6.09. The highest BCUT2D eigenvalue weighted by Crippen LogP contribution is 2.32. The Morgan fingerprint density at radius 3 is 0.690 bits per heavy atom. The van der Waals surface area contributed by atoms with Gasteiger partial charge in [-0.05, 0) is 60.7 Å². The first kappa shape index (κ1) is 29.4. The maximum Gasteiger partial charge on any atom is 0.242 e. The van der Waals surface area contributed by atoms with Gasteiger partial charge >= 0.3 is 0 Å². The first-order valence-electron chi connectivity index (χ1n) is 12.3. The molecule has 0 spiro atoms. The van der Waals surface area contributed by atoms with Crippen molar-refractivity contribution < 1.29 is 33.6 Å². The summed E-state index contributed by atoms with van der Waals surface area (Å²) in [5, 5.41) is 0. The number of hydrogen-bond acceptors (Lipinski definition) is 8. The topological polar surface area (TPSA) is 105 Å². The van der Waals surface area contributed by atoms with Gasteiger partial charge in [-0.2, -0.15) is 0 Å². The predicted molar refractivity (Wildman–Crippen MR) is 160 cm³/mol. The van der Waals surface area contributed by atoms with Crippen LogP contribution in [-0.2, 0) is 44.3 Å². The van der Waals surface area contributed by atoms with Crippen molar-refractivity contribution in [2.75, 3.05) is 0 Å². The van der Waals surface area contributed by atoms with E-state index < -0.39 is 44.3 Å². The summed E-state index contributed by atoms with van der Waals surface area (Å²) >= 11 is -9.04. The SMILES string of the molecule is O=S(Oc1ccccc1)c1cc(S(=O)Oc2ccccc2)c(S(=O)Oc2ccccc2)cc1S(=O)Oc1ccccc1. The van der Waals surface area contributed by atoms with Crippen LogP contribution in [0.2, 0.25) is 0 Å². The van der Waals surface area contributed by atoms with Crippen LogP contribution in [0.5, 0.6) is 23.0 Å². The summed E-state index contributed by atoms with van der Waals surface area (Å²) in [5.74, 6) is 1.11. The van der Waals surface area contributed by atoms with Crippen molar-refractivity contribution in [3.8, 4) is 23.0 Å². The van der Waals surface area contributed by atoms with Gasteiger partial charge in [0.15, 0.2) is 0 Å². The van der Waals surface area contributed by atoms with Gasteiger partial charge in [0.05, 0.1) is 19.6 Å². The second-order valence-electron chi connectivity index (χ2n) is 8.27. The molecule has 42 heavy (non-hydrogen) atoms. The van der Waals surface area contributed by atoms with Gasteiger partial charge in [0, 0.05) is 0 Å². The highest BCUT2D eigenvalue weighted by molar-refractivity contribution is 7.85. The van der Waals surface area contributed by atoms with Gasteiger partial charge in [-0.3, -0.25) is 0 Å². The fraction of sp³-hybridized carbons (Fsp3) is 0. The molecule has 0 aliphatic carbocycles. The van der Waals surface area contributed by atoms with E-state index in [0.29, 0.717) is 0 Å². The Kier molecular flexibility index (Phi) is 9.93. The molecule has 12 heteroatoms. The smallest absolute Gasteiger partial charge is 0.242 e. The molecule has 5 aromatic rings. The zero-order valence-corrected chi connectivity index (χ0v) is 24.9. The van der Waals surface area contributed by atoms with Gasteiger partial charge < -0.3 is 16.7 Å². The number of hydrogen-bond donors (Lipinski definition) is 0. The number of para-hydroxylation sites is 4. The van der Waals surface area contributed by atoms with E-state index in [1.807, 2.05) is 0 Å². The molecule has 0 radical (unpaired) electrons. The molecule has 5 aromatic carbocycles. The van der Waals surface area contributed by atoms with Crippen molar-refractivity contribution in [1.29, 1.82) is 0 Å². The molecule has 0 N–H and O–H groups in total. The molecule has 8 nitrogen and oxygen atoms in total. The van der Waals surface area contributed by atoms with Crippen LogP contribution in [0.1, 0.15) is 0 Å². The first-order chi connectivity index (χ1) is 20.5. The van der Waals surface area contributed by atoms with E-state index in [-0.39, 0.29) is 42.6 Å². The van der Waals surface area contributed by atoms with Gasteiger partial charge in [-0.15, -0.1) is 0 Å². The molecule has 4 unspecified atom stereocenters. The zero-order valence-electron chi connectivity index (χ0n) is 21.6. The summed E-state index contributed by atoms with van der Waals surface area (Å²) in [4.78, 5) is -0.468. The average Bonchev–Trinajstić information content (AvgIpc) is 3.02. The van der Waals surface area contributed by atoms with Crippen LogP contribution < -0.4 is 16.7 Å². The molecule has 0 heterocycles. The molecule has 0 fully saturated rings. The Hall–Kier alpha value is -4.10. The minimum absolute atomic E-state index is 0.117. The van der Waals surface area contributed by atoms with Crippen molar-refractivity contribution in [1.82, 2.24) is 0 Å². The van der Waals surface area contributed by atoms with Crippen LogP contribution in [0.25, 0.3) is 0 Å². The molecular weight excluding hydrogens is 617 g/mol. The molecule has 214 valence electrons. The highest BCUT2D eigenvalue weighted by atomic mass is 32.2. The van der Waals surface area contributed by atoms with E-state index in [9.17, 15) is 16.8 Å². The Balaban J connectivity index is 1.61. The third kappa shape index (κ3) is 7.59. The van der Waals surface area contributed by atoms with Crippen molar-refractivity contribution in [2.45, 2.75) is 19.6 Å².